The first-order valence-corrected chi connectivity index (χ1v) is 6.21. The van der Waals surface area contributed by atoms with Crippen LogP contribution in [-0.4, -0.2) is 22.9 Å². The molecule has 1 aromatic heterocycles. The SMILES string of the molecule is CCOc1ccc(-c2cnn(CCN)c2)cc1C. The van der Waals surface area contributed by atoms with Gasteiger partial charge in [0.25, 0.3) is 0 Å². The molecule has 0 spiro atoms. The van der Waals surface area contributed by atoms with Crippen LogP contribution in [0.15, 0.2) is 30.6 Å². The molecule has 0 amide bonds. The van der Waals surface area contributed by atoms with E-state index < -0.39 is 0 Å². The number of benzene rings is 1. The van der Waals surface area contributed by atoms with Crippen LogP contribution < -0.4 is 10.5 Å². The maximum atomic E-state index is 5.53. The van der Waals surface area contributed by atoms with Crippen molar-refractivity contribution in [3.63, 3.8) is 0 Å². The lowest BCUT2D eigenvalue weighted by Crippen LogP contribution is -2.09. The Morgan fingerprint density at radius 2 is 2.17 bits per heavy atom. The molecule has 1 aromatic carbocycles. The molecule has 2 rings (SSSR count). The second-order valence-electron chi connectivity index (χ2n) is 4.19. The minimum atomic E-state index is 0.601. The summed E-state index contributed by atoms with van der Waals surface area (Å²) in [6.07, 6.45) is 3.88. The highest BCUT2D eigenvalue weighted by Crippen LogP contribution is 2.25. The van der Waals surface area contributed by atoms with Gasteiger partial charge in [0.1, 0.15) is 5.75 Å². The molecule has 4 nitrogen and oxygen atoms in total. The zero-order chi connectivity index (χ0) is 13.0. The standard InChI is InChI=1S/C14H19N3O/c1-3-18-14-5-4-12(8-11(14)2)13-9-16-17(10-13)7-6-15/h4-5,8-10H,3,6-7,15H2,1-2H3. The van der Waals surface area contributed by atoms with Crippen molar-refractivity contribution >= 4 is 0 Å². The number of rotatable bonds is 5. The molecule has 0 aliphatic heterocycles. The highest BCUT2D eigenvalue weighted by Gasteiger charge is 2.05. The van der Waals surface area contributed by atoms with Gasteiger partial charge in [0.05, 0.1) is 19.3 Å². The summed E-state index contributed by atoms with van der Waals surface area (Å²) in [5, 5.41) is 4.28. The van der Waals surface area contributed by atoms with Crippen molar-refractivity contribution in [1.82, 2.24) is 9.78 Å². The van der Waals surface area contributed by atoms with Gasteiger partial charge in [0, 0.05) is 18.3 Å². The van der Waals surface area contributed by atoms with Crippen LogP contribution in [0.3, 0.4) is 0 Å². The lowest BCUT2D eigenvalue weighted by molar-refractivity contribution is 0.338. The van der Waals surface area contributed by atoms with Crippen LogP contribution in [0.25, 0.3) is 11.1 Å². The molecule has 0 saturated carbocycles. The molecular weight excluding hydrogens is 226 g/mol. The van der Waals surface area contributed by atoms with E-state index in [1.807, 2.05) is 30.1 Å². The Balaban J connectivity index is 2.24. The Morgan fingerprint density at radius 1 is 1.33 bits per heavy atom. The van der Waals surface area contributed by atoms with E-state index in [0.29, 0.717) is 13.2 Å². The second-order valence-corrected chi connectivity index (χ2v) is 4.19. The zero-order valence-corrected chi connectivity index (χ0v) is 10.9. The van der Waals surface area contributed by atoms with Gasteiger partial charge in [-0.2, -0.15) is 5.10 Å². The number of hydrogen-bond acceptors (Lipinski definition) is 3. The highest BCUT2D eigenvalue weighted by molar-refractivity contribution is 5.64. The second kappa shape index (κ2) is 5.69. The molecule has 18 heavy (non-hydrogen) atoms. The first-order valence-electron chi connectivity index (χ1n) is 6.21. The van der Waals surface area contributed by atoms with E-state index in [0.717, 1.165) is 29.0 Å². The normalized spacial score (nSPS) is 10.6. The number of nitrogens with two attached hydrogens (primary N) is 1. The van der Waals surface area contributed by atoms with Gasteiger partial charge in [0.2, 0.25) is 0 Å². The van der Waals surface area contributed by atoms with Crippen LogP contribution in [0.5, 0.6) is 5.75 Å². The van der Waals surface area contributed by atoms with Gasteiger partial charge >= 0.3 is 0 Å². The largest absolute Gasteiger partial charge is 0.494 e. The first-order chi connectivity index (χ1) is 8.74. The number of hydrogen-bond donors (Lipinski definition) is 1. The number of ether oxygens (including phenoxy) is 1. The van der Waals surface area contributed by atoms with Gasteiger partial charge < -0.3 is 10.5 Å². The number of aryl methyl sites for hydroxylation is 1. The number of nitrogens with zero attached hydrogens (tertiary/aromatic N) is 2. The topological polar surface area (TPSA) is 53.1 Å². The van der Waals surface area contributed by atoms with E-state index in [1.54, 1.807) is 0 Å². The lowest BCUT2D eigenvalue weighted by Gasteiger charge is -2.08. The van der Waals surface area contributed by atoms with Gasteiger partial charge in [-0.3, -0.25) is 4.68 Å². The molecule has 2 aromatic rings. The Bertz CT molecular complexity index is 520. The predicted molar refractivity (Wildman–Crippen MR) is 72.6 cm³/mol. The number of aromatic nitrogens is 2. The average Bonchev–Trinajstić information content (AvgIpc) is 2.81. The molecular formula is C14H19N3O. The third-order valence-electron chi connectivity index (χ3n) is 2.80. The van der Waals surface area contributed by atoms with E-state index in [-0.39, 0.29) is 0 Å². The molecule has 0 aliphatic rings. The maximum Gasteiger partial charge on any atom is 0.122 e. The Kier molecular flexibility index (Phi) is 3.99. The van der Waals surface area contributed by atoms with Gasteiger partial charge in [0.15, 0.2) is 0 Å². The Labute approximate surface area is 107 Å². The van der Waals surface area contributed by atoms with Crippen molar-refractivity contribution in [2.24, 2.45) is 5.73 Å². The molecule has 4 heteroatoms. The van der Waals surface area contributed by atoms with Gasteiger partial charge in [-0.15, -0.1) is 0 Å². The molecule has 0 atom stereocenters. The van der Waals surface area contributed by atoms with Crippen molar-refractivity contribution < 1.29 is 4.74 Å². The van der Waals surface area contributed by atoms with Crippen molar-refractivity contribution in [3.05, 3.63) is 36.2 Å². The molecule has 96 valence electrons. The van der Waals surface area contributed by atoms with Crippen LogP contribution in [0.4, 0.5) is 0 Å². The van der Waals surface area contributed by atoms with Crippen LogP contribution in [0.1, 0.15) is 12.5 Å². The summed E-state index contributed by atoms with van der Waals surface area (Å²) in [6, 6.07) is 6.19. The fourth-order valence-corrected chi connectivity index (χ4v) is 1.91. The highest BCUT2D eigenvalue weighted by atomic mass is 16.5. The van der Waals surface area contributed by atoms with Crippen LogP contribution in [-0.2, 0) is 6.54 Å². The van der Waals surface area contributed by atoms with Gasteiger partial charge in [-0.1, -0.05) is 6.07 Å². The van der Waals surface area contributed by atoms with Crippen LogP contribution >= 0.6 is 0 Å². The summed E-state index contributed by atoms with van der Waals surface area (Å²) < 4.78 is 7.40. The Morgan fingerprint density at radius 3 is 2.83 bits per heavy atom. The minimum absolute atomic E-state index is 0.601. The van der Waals surface area contributed by atoms with E-state index in [1.165, 1.54) is 0 Å². The summed E-state index contributed by atoms with van der Waals surface area (Å²) in [5.41, 5.74) is 8.91. The molecule has 0 bridgehead atoms. The predicted octanol–water partition coefficient (Wildman–Crippen LogP) is 2.22. The smallest absolute Gasteiger partial charge is 0.122 e. The molecule has 0 aliphatic carbocycles. The fraction of sp³-hybridized carbons (Fsp3) is 0.357. The molecule has 0 unspecified atom stereocenters. The molecule has 1 heterocycles. The molecule has 0 fully saturated rings. The lowest BCUT2D eigenvalue weighted by atomic mass is 10.1. The van der Waals surface area contributed by atoms with Crippen molar-refractivity contribution in [2.75, 3.05) is 13.2 Å². The van der Waals surface area contributed by atoms with E-state index >= 15 is 0 Å². The monoisotopic (exact) mass is 245 g/mol. The van der Waals surface area contributed by atoms with Crippen molar-refractivity contribution in [3.8, 4) is 16.9 Å². The molecule has 0 saturated heterocycles. The van der Waals surface area contributed by atoms with Gasteiger partial charge in [-0.05, 0) is 37.1 Å². The van der Waals surface area contributed by atoms with Crippen molar-refractivity contribution in [2.45, 2.75) is 20.4 Å². The quantitative estimate of drug-likeness (QED) is 0.878. The zero-order valence-electron chi connectivity index (χ0n) is 10.9. The fourth-order valence-electron chi connectivity index (χ4n) is 1.91. The first kappa shape index (κ1) is 12.6. The summed E-state index contributed by atoms with van der Waals surface area (Å²) in [4.78, 5) is 0. The summed E-state index contributed by atoms with van der Waals surface area (Å²) in [6.45, 7) is 6.08. The molecule has 2 N–H and O–H groups in total. The Hall–Kier alpha value is -1.81. The van der Waals surface area contributed by atoms with Crippen molar-refractivity contribution in [1.29, 1.82) is 0 Å². The minimum Gasteiger partial charge on any atom is -0.494 e. The summed E-state index contributed by atoms with van der Waals surface area (Å²) in [5.74, 6) is 0.940. The van der Waals surface area contributed by atoms with E-state index in [4.69, 9.17) is 10.5 Å². The molecule has 0 radical (unpaired) electrons. The third-order valence-corrected chi connectivity index (χ3v) is 2.80. The average molecular weight is 245 g/mol. The van der Waals surface area contributed by atoms with E-state index in [2.05, 4.69) is 24.2 Å². The summed E-state index contributed by atoms with van der Waals surface area (Å²) >= 11 is 0. The maximum absolute atomic E-state index is 5.53. The van der Waals surface area contributed by atoms with Gasteiger partial charge in [-0.25, -0.2) is 0 Å². The van der Waals surface area contributed by atoms with Crippen LogP contribution in [0, 0.1) is 6.92 Å². The van der Waals surface area contributed by atoms with Crippen LogP contribution in [0.2, 0.25) is 0 Å². The third kappa shape index (κ3) is 2.71. The summed E-state index contributed by atoms with van der Waals surface area (Å²) in [7, 11) is 0. The van der Waals surface area contributed by atoms with E-state index in [9.17, 15) is 0 Å².